The fourth-order valence-electron chi connectivity index (χ4n) is 11.7. The average molecular weight is 457 g/mol. The molecule has 11 atom stereocenters. The Morgan fingerprint density at radius 2 is 1.39 bits per heavy atom. The van der Waals surface area contributed by atoms with Gasteiger partial charge in [0.25, 0.3) is 0 Å². The second kappa shape index (κ2) is 6.90. The third-order valence-electron chi connectivity index (χ3n) is 14.7. The van der Waals surface area contributed by atoms with Gasteiger partial charge in [-0.25, -0.2) is 0 Å². The summed E-state index contributed by atoms with van der Waals surface area (Å²) in [6, 6.07) is 0. The number of fused-ring (bicyclic) bond motifs is 7. The van der Waals surface area contributed by atoms with Crippen LogP contribution in [0.4, 0.5) is 0 Å². The zero-order chi connectivity index (χ0) is 24.4. The van der Waals surface area contributed by atoms with Gasteiger partial charge in [0.15, 0.2) is 0 Å². The van der Waals surface area contributed by atoms with E-state index in [-0.39, 0.29) is 33.9 Å². The van der Waals surface area contributed by atoms with Gasteiger partial charge in [0.2, 0.25) is 0 Å². The Kier molecular flexibility index (Phi) is 5.10. The summed E-state index contributed by atoms with van der Waals surface area (Å²) in [4.78, 5) is 0. The molecular formula is C31H52O2. The van der Waals surface area contributed by atoms with Gasteiger partial charge in [-0.2, -0.15) is 0 Å². The van der Waals surface area contributed by atoms with Crippen molar-refractivity contribution in [3.8, 4) is 0 Å². The zero-order valence-electron chi connectivity index (χ0n) is 22.9. The van der Waals surface area contributed by atoms with Crippen molar-refractivity contribution in [1.29, 1.82) is 0 Å². The van der Waals surface area contributed by atoms with Gasteiger partial charge < -0.3 is 10.2 Å². The highest BCUT2D eigenvalue weighted by Crippen LogP contribution is 2.79. The molecule has 0 aromatic rings. The number of aliphatic hydroxyl groups excluding tert-OH is 2. The Bertz CT molecular complexity index is 846. The molecule has 0 amide bonds. The zero-order valence-corrected chi connectivity index (χ0v) is 22.9. The minimum Gasteiger partial charge on any atom is -0.393 e. The van der Waals surface area contributed by atoms with Crippen LogP contribution < -0.4 is 0 Å². The Balaban J connectivity index is 1.57. The van der Waals surface area contributed by atoms with Crippen LogP contribution in [0.25, 0.3) is 0 Å². The largest absolute Gasteiger partial charge is 0.393 e. The Morgan fingerprint density at radius 3 is 2.06 bits per heavy atom. The maximum Gasteiger partial charge on any atom is 0.0755 e. The van der Waals surface area contributed by atoms with E-state index in [2.05, 4.69) is 62.0 Å². The van der Waals surface area contributed by atoms with Gasteiger partial charge in [0, 0.05) is 0 Å². The molecular weight excluding hydrogens is 404 g/mol. The van der Waals surface area contributed by atoms with Gasteiger partial charge in [-0.1, -0.05) is 62.0 Å². The summed E-state index contributed by atoms with van der Waals surface area (Å²) in [5, 5.41) is 21.9. The molecule has 0 aliphatic heterocycles. The summed E-state index contributed by atoms with van der Waals surface area (Å²) in [5.74, 6) is 2.52. The van der Waals surface area contributed by atoms with Crippen molar-refractivity contribution >= 4 is 0 Å². The third kappa shape index (κ3) is 2.64. The first-order valence-electron chi connectivity index (χ1n) is 14.1. The second-order valence-electron chi connectivity index (χ2n) is 15.4. The van der Waals surface area contributed by atoms with E-state index < -0.39 is 0 Å². The molecule has 0 aromatic heterocycles. The lowest BCUT2D eigenvalue weighted by Gasteiger charge is -2.76. The van der Waals surface area contributed by atoms with Crippen molar-refractivity contribution in [3.05, 3.63) is 12.2 Å². The minimum absolute atomic E-state index is 0.0318. The molecule has 188 valence electrons. The Morgan fingerprint density at radius 1 is 0.758 bits per heavy atom. The maximum atomic E-state index is 11.1. The maximum absolute atomic E-state index is 11.1. The monoisotopic (exact) mass is 456 g/mol. The van der Waals surface area contributed by atoms with Gasteiger partial charge in [-0.15, -0.1) is 0 Å². The van der Waals surface area contributed by atoms with E-state index in [0.29, 0.717) is 22.7 Å². The molecule has 11 unspecified atom stereocenters. The van der Waals surface area contributed by atoms with E-state index in [1.807, 2.05) is 0 Å². The summed E-state index contributed by atoms with van der Waals surface area (Å²) >= 11 is 0. The van der Waals surface area contributed by atoms with E-state index in [0.717, 1.165) is 30.3 Å². The van der Waals surface area contributed by atoms with Crippen molar-refractivity contribution in [1.82, 2.24) is 0 Å². The van der Waals surface area contributed by atoms with Crippen molar-refractivity contribution in [3.63, 3.8) is 0 Å². The quantitative estimate of drug-likeness (QED) is 0.373. The molecule has 5 fully saturated rings. The van der Waals surface area contributed by atoms with Crippen molar-refractivity contribution in [2.45, 2.75) is 125 Å². The second-order valence-corrected chi connectivity index (χ2v) is 15.4. The van der Waals surface area contributed by atoms with Gasteiger partial charge in [0.05, 0.1) is 12.2 Å². The molecule has 2 N–H and O–H groups in total. The summed E-state index contributed by atoms with van der Waals surface area (Å²) < 4.78 is 0. The van der Waals surface area contributed by atoms with Gasteiger partial charge >= 0.3 is 0 Å². The topological polar surface area (TPSA) is 40.5 Å². The Labute approximate surface area is 204 Å². The average Bonchev–Trinajstić information content (AvgIpc) is 2.73. The molecule has 5 aliphatic carbocycles. The van der Waals surface area contributed by atoms with Crippen molar-refractivity contribution in [2.75, 3.05) is 0 Å². The molecule has 5 rings (SSSR count). The van der Waals surface area contributed by atoms with Crippen LogP contribution >= 0.6 is 0 Å². The van der Waals surface area contributed by atoms with Crippen molar-refractivity contribution < 1.29 is 10.2 Å². The molecule has 2 heteroatoms. The molecule has 0 spiro atoms. The van der Waals surface area contributed by atoms with Gasteiger partial charge in [-0.3, -0.25) is 0 Å². The number of hydrogen-bond acceptors (Lipinski definition) is 2. The number of rotatable bonds is 0. The SMILES string of the molecule is C=C1C(O)CC2(C)CCC3(C)C(CCC4C3(C)CCC3(C)C(C)(C)C(O)CCC43C)C2C1C. The first kappa shape index (κ1) is 24.4. The number of hydrogen-bond donors (Lipinski definition) is 2. The lowest BCUT2D eigenvalue weighted by molar-refractivity contribution is -0.283. The van der Waals surface area contributed by atoms with Crippen LogP contribution in [0.15, 0.2) is 12.2 Å². The van der Waals surface area contributed by atoms with Crippen LogP contribution in [0.3, 0.4) is 0 Å². The summed E-state index contributed by atoms with van der Waals surface area (Å²) in [7, 11) is 0. The van der Waals surface area contributed by atoms with Crippen LogP contribution in [-0.4, -0.2) is 22.4 Å². The molecule has 0 aromatic carbocycles. The molecule has 0 radical (unpaired) electrons. The summed E-state index contributed by atoms with van der Waals surface area (Å²) in [6.45, 7) is 24.5. The molecule has 2 nitrogen and oxygen atoms in total. The smallest absolute Gasteiger partial charge is 0.0755 e. The highest BCUT2D eigenvalue weighted by atomic mass is 16.3. The minimum atomic E-state index is -0.317. The number of aliphatic hydroxyl groups is 2. The predicted octanol–water partition coefficient (Wildman–Crippen LogP) is 7.39. The van der Waals surface area contributed by atoms with Crippen LogP contribution in [-0.2, 0) is 0 Å². The van der Waals surface area contributed by atoms with E-state index in [4.69, 9.17) is 0 Å². The molecule has 0 saturated heterocycles. The lowest BCUT2D eigenvalue weighted by atomic mass is 9.28. The van der Waals surface area contributed by atoms with E-state index in [1.165, 1.54) is 44.9 Å². The first-order valence-corrected chi connectivity index (χ1v) is 14.1. The van der Waals surface area contributed by atoms with Crippen molar-refractivity contribution in [2.24, 2.45) is 56.2 Å². The van der Waals surface area contributed by atoms with E-state index >= 15 is 0 Å². The first-order chi connectivity index (χ1) is 15.1. The predicted molar refractivity (Wildman–Crippen MR) is 137 cm³/mol. The fourth-order valence-corrected chi connectivity index (χ4v) is 11.7. The lowest BCUT2D eigenvalue weighted by Crippen LogP contribution is -2.70. The summed E-state index contributed by atoms with van der Waals surface area (Å²) in [6.07, 6.45) is 10.3. The molecule has 5 saturated carbocycles. The molecule has 33 heavy (non-hydrogen) atoms. The molecule has 0 bridgehead atoms. The van der Waals surface area contributed by atoms with Crippen LogP contribution in [0.2, 0.25) is 0 Å². The third-order valence-corrected chi connectivity index (χ3v) is 14.7. The van der Waals surface area contributed by atoms with Gasteiger partial charge in [-0.05, 0) is 120 Å². The Hall–Kier alpha value is -0.340. The highest BCUT2D eigenvalue weighted by molar-refractivity contribution is 5.24. The summed E-state index contributed by atoms with van der Waals surface area (Å²) in [5.41, 5.74) is 2.48. The molecule has 0 heterocycles. The van der Waals surface area contributed by atoms with E-state index in [1.54, 1.807) is 0 Å². The standard InChI is InChI=1S/C31H52O2/c1-19-20(2)25-21-10-11-23-29(7,28(21,6)15-14-27(25,5)18-22(19)32)16-17-31(9)26(3,4)24(33)12-13-30(23,31)8/h20-25,32-33H,1,10-18H2,2-9H3. The molecule has 5 aliphatic rings. The highest BCUT2D eigenvalue weighted by Gasteiger charge is 2.72. The van der Waals surface area contributed by atoms with Crippen LogP contribution in [0.5, 0.6) is 0 Å². The fraction of sp³-hybridized carbons (Fsp3) is 0.935. The normalized spacial score (nSPS) is 60.2. The van der Waals surface area contributed by atoms with E-state index in [9.17, 15) is 10.2 Å². The van der Waals surface area contributed by atoms with Crippen LogP contribution in [0, 0.1) is 56.2 Å². The van der Waals surface area contributed by atoms with Gasteiger partial charge in [0.1, 0.15) is 0 Å². The van der Waals surface area contributed by atoms with Crippen LogP contribution in [0.1, 0.15) is 113 Å².